The van der Waals surface area contributed by atoms with Gasteiger partial charge in [-0.3, -0.25) is 14.9 Å². The molecular weight excluding hydrogens is 410 g/mol. The molecule has 0 aliphatic carbocycles. The van der Waals surface area contributed by atoms with Crippen molar-refractivity contribution in [3.63, 3.8) is 0 Å². The Bertz CT molecular complexity index is 1060. The third-order valence-electron chi connectivity index (χ3n) is 3.57. The van der Waals surface area contributed by atoms with E-state index in [0.717, 1.165) is 35.2 Å². The number of carbonyl (C=O) groups is 1. The number of sulfone groups is 1. The van der Waals surface area contributed by atoms with E-state index in [4.69, 9.17) is 0 Å². The fraction of sp³-hybridized carbons (Fsp3) is 0.125. The minimum Gasteiger partial charge on any atom is -0.302 e. The molecule has 0 saturated carbocycles. The van der Waals surface area contributed by atoms with Crippen molar-refractivity contribution in [3.8, 4) is 0 Å². The molecule has 0 atom stereocenters. The summed E-state index contributed by atoms with van der Waals surface area (Å²) < 4.78 is 25.1. The van der Waals surface area contributed by atoms with Crippen LogP contribution in [0.5, 0.6) is 0 Å². The maximum absolute atomic E-state index is 12.6. The summed E-state index contributed by atoms with van der Waals surface area (Å²) in [5.41, 5.74) is 0.868. The number of non-ortho nitro benzene ring substituents is 1. The number of hydrogen-bond donors (Lipinski definition) is 1. The Morgan fingerprint density at radius 2 is 1.96 bits per heavy atom. The van der Waals surface area contributed by atoms with E-state index in [0.29, 0.717) is 6.42 Å². The summed E-state index contributed by atoms with van der Waals surface area (Å²) >= 11 is 2.39. The van der Waals surface area contributed by atoms with Crippen LogP contribution >= 0.6 is 22.7 Å². The number of nitrogens with one attached hydrogen (secondary N) is 1. The highest BCUT2D eigenvalue weighted by atomic mass is 32.2. The van der Waals surface area contributed by atoms with Crippen LogP contribution in [-0.4, -0.2) is 24.2 Å². The van der Waals surface area contributed by atoms with E-state index in [2.05, 4.69) is 10.3 Å². The largest absolute Gasteiger partial charge is 0.302 e. The zero-order valence-electron chi connectivity index (χ0n) is 13.7. The third kappa shape index (κ3) is 4.56. The fourth-order valence-electron chi connectivity index (χ4n) is 2.18. The first-order valence-corrected chi connectivity index (χ1v) is 10.9. The van der Waals surface area contributed by atoms with E-state index in [1.165, 1.54) is 12.1 Å². The van der Waals surface area contributed by atoms with Gasteiger partial charge in [-0.15, -0.1) is 0 Å². The lowest BCUT2D eigenvalue weighted by Gasteiger charge is -2.01. The molecule has 0 saturated heterocycles. The second-order valence-electron chi connectivity index (χ2n) is 5.42. The highest BCUT2D eigenvalue weighted by molar-refractivity contribution is 7.93. The Labute approximate surface area is 162 Å². The number of nitro benzene ring substituents is 1. The number of nitrogens with zero attached hydrogens (tertiary/aromatic N) is 2. The van der Waals surface area contributed by atoms with Crippen molar-refractivity contribution < 1.29 is 18.1 Å². The monoisotopic (exact) mass is 423 g/mol. The van der Waals surface area contributed by atoms with Crippen LogP contribution in [0, 0.1) is 10.1 Å². The molecule has 0 aliphatic heterocycles. The van der Waals surface area contributed by atoms with Gasteiger partial charge in [-0.2, -0.15) is 11.3 Å². The molecule has 3 rings (SSSR count). The summed E-state index contributed by atoms with van der Waals surface area (Å²) in [4.78, 5) is 25.9. The number of nitro groups is 1. The summed E-state index contributed by atoms with van der Waals surface area (Å²) in [5, 5.41) is 17.3. The molecule has 11 heteroatoms. The molecule has 0 aliphatic rings. The van der Waals surface area contributed by atoms with Gasteiger partial charge in [-0.1, -0.05) is 11.3 Å². The topological polar surface area (TPSA) is 119 Å². The van der Waals surface area contributed by atoms with Crippen LogP contribution < -0.4 is 5.32 Å². The van der Waals surface area contributed by atoms with Crippen LogP contribution in [0.4, 0.5) is 10.8 Å². The summed E-state index contributed by atoms with van der Waals surface area (Å²) in [7, 11) is -3.86. The van der Waals surface area contributed by atoms with Crippen molar-refractivity contribution in [3.05, 3.63) is 63.0 Å². The van der Waals surface area contributed by atoms with Crippen molar-refractivity contribution in [1.82, 2.24) is 4.98 Å². The van der Waals surface area contributed by atoms with Crippen LogP contribution in [0.1, 0.15) is 12.0 Å². The van der Waals surface area contributed by atoms with Crippen LogP contribution in [-0.2, 0) is 21.1 Å². The third-order valence-corrected chi connectivity index (χ3v) is 7.45. The van der Waals surface area contributed by atoms with E-state index in [1.54, 1.807) is 11.3 Å². The molecule has 1 N–H and O–H groups in total. The van der Waals surface area contributed by atoms with Crippen molar-refractivity contribution in [2.75, 3.05) is 5.32 Å². The minimum absolute atomic E-state index is 0.0514. The zero-order valence-corrected chi connectivity index (χ0v) is 16.1. The number of anilines is 1. The van der Waals surface area contributed by atoms with Gasteiger partial charge in [0.25, 0.3) is 5.69 Å². The van der Waals surface area contributed by atoms with Crippen molar-refractivity contribution in [2.24, 2.45) is 0 Å². The van der Waals surface area contributed by atoms with Crippen LogP contribution in [0.25, 0.3) is 0 Å². The van der Waals surface area contributed by atoms with Crippen LogP contribution in [0.15, 0.2) is 56.4 Å². The molecule has 1 aromatic carbocycles. The van der Waals surface area contributed by atoms with Gasteiger partial charge in [0.05, 0.1) is 16.0 Å². The van der Waals surface area contributed by atoms with Gasteiger partial charge in [0.15, 0.2) is 5.13 Å². The van der Waals surface area contributed by atoms with Crippen LogP contribution in [0.3, 0.4) is 0 Å². The first-order valence-electron chi connectivity index (χ1n) is 7.62. The predicted octanol–water partition coefficient (Wildman–Crippen LogP) is 3.52. The molecule has 0 spiro atoms. The molecule has 8 nitrogen and oxygen atoms in total. The van der Waals surface area contributed by atoms with Gasteiger partial charge in [0, 0.05) is 18.6 Å². The standard InChI is InChI=1S/C16H13N3O5S3/c20-14(6-1-11-7-8-25-10-11)18-16-17-9-15(26-16)27(23,24)13-4-2-12(3-5-13)19(21)22/h2-5,7-10H,1,6H2,(H,17,18,20). The Balaban J connectivity index is 1.68. The van der Waals surface area contributed by atoms with Gasteiger partial charge < -0.3 is 5.32 Å². The first-order chi connectivity index (χ1) is 12.9. The van der Waals surface area contributed by atoms with Crippen molar-refractivity contribution in [2.45, 2.75) is 21.9 Å². The average molecular weight is 423 g/mol. The normalized spacial score (nSPS) is 11.3. The van der Waals surface area contributed by atoms with E-state index < -0.39 is 14.8 Å². The molecular formula is C16H13N3O5S3. The second kappa shape index (κ2) is 7.94. The van der Waals surface area contributed by atoms with Gasteiger partial charge in [-0.25, -0.2) is 13.4 Å². The van der Waals surface area contributed by atoms with Crippen LogP contribution in [0.2, 0.25) is 0 Å². The Morgan fingerprint density at radius 3 is 2.59 bits per heavy atom. The fourth-order valence-corrected chi connectivity index (χ4v) is 5.33. The summed E-state index contributed by atoms with van der Waals surface area (Å²) in [6, 6.07) is 6.54. The Morgan fingerprint density at radius 1 is 1.22 bits per heavy atom. The number of hydrogen-bond acceptors (Lipinski definition) is 8. The molecule has 2 heterocycles. The smallest absolute Gasteiger partial charge is 0.269 e. The summed E-state index contributed by atoms with van der Waals surface area (Å²) in [5.74, 6) is -0.255. The number of thiophene rings is 1. The SMILES string of the molecule is O=C(CCc1ccsc1)Nc1ncc(S(=O)(=O)c2ccc([N+](=O)[O-])cc2)s1. The lowest BCUT2D eigenvalue weighted by atomic mass is 10.2. The maximum Gasteiger partial charge on any atom is 0.269 e. The number of amides is 1. The van der Waals surface area contributed by atoms with E-state index in [1.807, 2.05) is 16.8 Å². The van der Waals surface area contributed by atoms with Gasteiger partial charge in [0.2, 0.25) is 15.7 Å². The number of rotatable bonds is 7. The number of thiazole rings is 1. The Kier molecular flexibility index (Phi) is 5.63. The summed E-state index contributed by atoms with van der Waals surface area (Å²) in [6.45, 7) is 0. The van der Waals surface area contributed by atoms with E-state index >= 15 is 0 Å². The minimum atomic E-state index is -3.86. The lowest BCUT2D eigenvalue weighted by molar-refractivity contribution is -0.384. The van der Waals surface area contributed by atoms with Crippen molar-refractivity contribution in [1.29, 1.82) is 0 Å². The molecule has 0 fully saturated rings. The number of carbonyl (C=O) groups excluding carboxylic acids is 1. The van der Waals surface area contributed by atoms with Crippen molar-refractivity contribution >= 4 is 49.2 Å². The molecule has 1 amide bonds. The van der Waals surface area contributed by atoms with Gasteiger partial charge in [-0.05, 0) is 40.9 Å². The quantitative estimate of drug-likeness (QED) is 0.459. The highest BCUT2D eigenvalue weighted by Crippen LogP contribution is 2.29. The van der Waals surface area contributed by atoms with Gasteiger partial charge >= 0.3 is 0 Å². The molecule has 27 heavy (non-hydrogen) atoms. The number of aromatic nitrogens is 1. The molecule has 0 bridgehead atoms. The molecule has 3 aromatic rings. The maximum atomic E-state index is 12.6. The van der Waals surface area contributed by atoms with E-state index in [-0.39, 0.29) is 32.3 Å². The number of aryl methyl sites for hydroxylation is 1. The molecule has 2 aromatic heterocycles. The second-order valence-corrected chi connectivity index (χ2v) is 9.41. The molecule has 140 valence electrons. The summed E-state index contributed by atoms with van der Waals surface area (Å²) in [6.07, 6.45) is 2.02. The highest BCUT2D eigenvalue weighted by Gasteiger charge is 2.22. The van der Waals surface area contributed by atoms with Gasteiger partial charge in [0.1, 0.15) is 4.21 Å². The number of benzene rings is 1. The lowest BCUT2D eigenvalue weighted by Crippen LogP contribution is -2.11. The molecule has 0 unspecified atom stereocenters. The molecule has 0 radical (unpaired) electrons. The first kappa shape index (κ1) is 19.1. The predicted molar refractivity (Wildman–Crippen MR) is 102 cm³/mol. The average Bonchev–Trinajstić information content (AvgIpc) is 3.32. The Hall–Kier alpha value is -2.63. The zero-order chi connectivity index (χ0) is 19.4. The van der Waals surface area contributed by atoms with E-state index in [9.17, 15) is 23.3 Å².